The van der Waals surface area contributed by atoms with Crippen molar-refractivity contribution in [3.05, 3.63) is 47.7 Å². The van der Waals surface area contributed by atoms with E-state index in [0.29, 0.717) is 24.6 Å². The van der Waals surface area contributed by atoms with E-state index in [9.17, 15) is 4.79 Å². The Balaban J connectivity index is 1.90. The average molecular weight is 286 g/mol. The lowest BCUT2D eigenvalue weighted by Crippen LogP contribution is -2.23. The number of aromatic nitrogens is 2. The second-order valence-corrected chi connectivity index (χ2v) is 4.75. The quantitative estimate of drug-likeness (QED) is 0.840. The van der Waals surface area contributed by atoms with Gasteiger partial charge in [-0.05, 0) is 17.7 Å². The number of ether oxygens (including phenoxy) is 1. The van der Waals surface area contributed by atoms with Crippen LogP contribution in [-0.2, 0) is 6.42 Å². The molecule has 6 heteroatoms. The minimum atomic E-state index is -0.189. The first kappa shape index (κ1) is 14.8. The van der Waals surface area contributed by atoms with Gasteiger partial charge in [0.05, 0.1) is 6.61 Å². The molecule has 0 aliphatic heterocycles. The van der Waals surface area contributed by atoms with Gasteiger partial charge in [-0.15, -0.1) is 10.2 Å². The zero-order valence-corrected chi connectivity index (χ0v) is 12.1. The number of rotatable bonds is 5. The lowest BCUT2D eigenvalue weighted by Gasteiger charge is -2.09. The normalized spacial score (nSPS) is 10.2. The highest BCUT2D eigenvalue weighted by Crippen LogP contribution is 2.12. The van der Waals surface area contributed by atoms with Gasteiger partial charge < -0.3 is 15.4 Å². The van der Waals surface area contributed by atoms with Gasteiger partial charge in [-0.2, -0.15) is 0 Å². The molecule has 2 rings (SSSR count). The van der Waals surface area contributed by atoms with Crippen LogP contribution in [-0.4, -0.2) is 41.7 Å². The van der Waals surface area contributed by atoms with Gasteiger partial charge >= 0.3 is 0 Å². The van der Waals surface area contributed by atoms with E-state index in [2.05, 4.69) is 10.2 Å². The first-order valence-electron chi connectivity index (χ1n) is 6.59. The fourth-order valence-electron chi connectivity index (χ4n) is 1.77. The Hall–Kier alpha value is -2.63. The Morgan fingerprint density at radius 3 is 2.57 bits per heavy atom. The first-order chi connectivity index (χ1) is 10.1. The van der Waals surface area contributed by atoms with E-state index in [0.717, 1.165) is 11.3 Å². The summed E-state index contributed by atoms with van der Waals surface area (Å²) in [4.78, 5) is 13.1. The Labute approximate surface area is 123 Å². The summed E-state index contributed by atoms with van der Waals surface area (Å²) in [7, 11) is 3.33. The summed E-state index contributed by atoms with van der Waals surface area (Å²) in [6, 6.07) is 10.9. The van der Waals surface area contributed by atoms with Crippen LogP contribution in [0.15, 0.2) is 36.4 Å². The Kier molecular flexibility index (Phi) is 4.71. The van der Waals surface area contributed by atoms with E-state index in [4.69, 9.17) is 10.5 Å². The highest BCUT2D eigenvalue weighted by Gasteiger charge is 2.10. The molecule has 0 unspecified atom stereocenters. The van der Waals surface area contributed by atoms with Gasteiger partial charge in [0.15, 0.2) is 5.69 Å². The molecule has 0 saturated heterocycles. The van der Waals surface area contributed by atoms with E-state index in [1.165, 1.54) is 4.90 Å². The van der Waals surface area contributed by atoms with Crippen LogP contribution in [0.4, 0.5) is 5.69 Å². The smallest absolute Gasteiger partial charge is 0.273 e. The highest BCUT2D eigenvalue weighted by molar-refractivity contribution is 5.91. The maximum absolute atomic E-state index is 11.7. The van der Waals surface area contributed by atoms with E-state index in [1.54, 1.807) is 26.2 Å². The zero-order chi connectivity index (χ0) is 15.2. The summed E-state index contributed by atoms with van der Waals surface area (Å²) >= 11 is 0. The zero-order valence-electron chi connectivity index (χ0n) is 12.1. The van der Waals surface area contributed by atoms with Crippen LogP contribution in [0, 0.1) is 0 Å². The molecule has 110 valence electrons. The second-order valence-electron chi connectivity index (χ2n) is 4.75. The minimum Gasteiger partial charge on any atom is -0.476 e. The maximum Gasteiger partial charge on any atom is 0.273 e. The number of para-hydroxylation sites is 1. The summed E-state index contributed by atoms with van der Waals surface area (Å²) in [5, 5.41) is 7.74. The minimum absolute atomic E-state index is 0.189. The maximum atomic E-state index is 11.7. The molecule has 0 aliphatic carbocycles. The van der Waals surface area contributed by atoms with E-state index < -0.39 is 0 Å². The molecule has 1 aromatic heterocycles. The molecular weight excluding hydrogens is 268 g/mol. The molecule has 0 bridgehead atoms. The van der Waals surface area contributed by atoms with Crippen LogP contribution in [0.25, 0.3) is 0 Å². The number of carbonyl (C=O) groups excluding carboxylic acids is 1. The van der Waals surface area contributed by atoms with E-state index >= 15 is 0 Å². The number of nitrogen functional groups attached to an aromatic ring is 1. The molecule has 1 heterocycles. The number of anilines is 1. The fourth-order valence-corrected chi connectivity index (χ4v) is 1.77. The van der Waals surface area contributed by atoms with Crippen molar-refractivity contribution in [1.29, 1.82) is 0 Å². The number of hydrogen-bond acceptors (Lipinski definition) is 5. The second kappa shape index (κ2) is 6.69. The Bertz CT molecular complexity index is 611. The van der Waals surface area contributed by atoms with E-state index in [-0.39, 0.29) is 5.91 Å². The molecule has 0 saturated carbocycles. The van der Waals surface area contributed by atoms with Crippen molar-refractivity contribution in [2.45, 2.75) is 6.42 Å². The highest BCUT2D eigenvalue weighted by atomic mass is 16.5. The van der Waals surface area contributed by atoms with Crippen molar-refractivity contribution in [2.24, 2.45) is 0 Å². The Morgan fingerprint density at radius 1 is 1.19 bits per heavy atom. The predicted molar refractivity (Wildman–Crippen MR) is 80.1 cm³/mol. The Morgan fingerprint density at radius 2 is 1.95 bits per heavy atom. The van der Waals surface area contributed by atoms with Crippen molar-refractivity contribution >= 4 is 11.6 Å². The van der Waals surface area contributed by atoms with Crippen LogP contribution in [0.1, 0.15) is 16.1 Å². The third kappa shape index (κ3) is 3.92. The molecule has 0 atom stereocenters. The van der Waals surface area contributed by atoms with Gasteiger partial charge in [0.1, 0.15) is 0 Å². The van der Waals surface area contributed by atoms with Gasteiger partial charge in [0.2, 0.25) is 5.88 Å². The summed E-state index contributed by atoms with van der Waals surface area (Å²) in [6.07, 6.45) is 0.687. The molecule has 2 N–H and O–H groups in total. The third-order valence-electron chi connectivity index (χ3n) is 2.94. The summed E-state index contributed by atoms with van der Waals surface area (Å²) < 4.78 is 5.51. The third-order valence-corrected chi connectivity index (χ3v) is 2.94. The van der Waals surface area contributed by atoms with Crippen molar-refractivity contribution in [1.82, 2.24) is 15.1 Å². The molecule has 0 fully saturated rings. The molecule has 0 radical (unpaired) electrons. The fraction of sp³-hybridized carbons (Fsp3) is 0.267. The summed E-state index contributed by atoms with van der Waals surface area (Å²) in [5.41, 5.74) is 7.93. The molecule has 1 aromatic carbocycles. The molecule has 21 heavy (non-hydrogen) atoms. The van der Waals surface area contributed by atoms with Gasteiger partial charge in [0, 0.05) is 32.3 Å². The van der Waals surface area contributed by atoms with Gasteiger partial charge in [-0.25, -0.2) is 0 Å². The molecule has 0 spiro atoms. The number of benzene rings is 1. The monoisotopic (exact) mass is 286 g/mol. The average Bonchev–Trinajstić information content (AvgIpc) is 2.49. The van der Waals surface area contributed by atoms with Crippen LogP contribution < -0.4 is 10.5 Å². The molecule has 6 nitrogen and oxygen atoms in total. The number of hydrogen-bond donors (Lipinski definition) is 1. The number of nitrogens with zero attached hydrogens (tertiary/aromatic N) is 3. The van der Waals surface area contributed by atoms with Crippen molar-refractivity contribution in [2.75, 3.05) is 26.4 Å². The number of amides is 1. The molecule has 2 aromatic rings. The molecule has 0 aliphatic rings. The lowest BCUT2D eigenvalue weighted by molar-refractivity contribution is 0.0820. The van der Waals surface area contributed by atoms with Crippen LogP contribution in [0.2, 0.25) is 0 Å². The SMILES string of the molecule is CN(C)C(=O)c1ccc(OCCc2ccccc2N)nn1. The van der Waals surface area contributed by atoms with Crippen LogP contribution in [0.5, 0.6) is 5.88 Å². The van der Waals surface area contributed by atoms with E-state index in [1.807, 2.05) is 24.3 Å². The predicted octanol–water partition coefficient (Wildman–Crippen LogP) is 1.38. The number of nitrogens with two attached hydrogens (primary N) is 1. The molecular formula is C15H18N4O2. The molecule has 1 amide bonds. The van der Waals surface area contributed by atoms with Crippen molar-refractivity contribution in [3.8, 4) is 5.88 Å². The van der Waals surface area contributed by atoms with Crippen LogP contribution >= 0.6 is 0 Å². The summed E-state index contributed by atoms with van der Waals surface area (Å²) in [5.74, 6) is 0.200. The topological polar surface area (TPSA) is 81.3 Å². The standard InChI is InChI=1S/C15H18N4O2/c1-19(2)15(20)13-7-8-14(18-17-13)21-10-9-11-5-3-4-6-12(11)16/h3-8H,9-10,16H2,1-2H3. The lowest BCUT2D eigenvalue weighted by atomic mass is 10.1. The van der Waals surface area contributed by atoms with Gasteiger partial charge in [0.25, 0.3) is 5.91 Å². The van der Waals surface area contributed by atoms with Crippen molar-refractivity contribution in [3.63, 3.8) is 0 Å². The van der Waals surface area contributed by atoms with Crippen molar-refractivity contribution < 1.29 is 9.53 Å². The number of carbonyl (C=O) groups is 1. The largest absolute Gasteiger partial charge is 0.476 e. The summed E-state index contributed by atoms with van der Waals surface area (Å²) in [6.45, 7) is 0.448. The first-order valence-corrected chi connectivity index (χ1v) is 6.59. The van der Waals surface area contributed by atoms with Crippen LogP contribution in [0.3, 0.4) is 0 Å². The van der Waals surface area contributed by atoms with Gasteiger partial charge in [-0.3, -0.25) is 4.79 Å². The van der Waals surface area contributed by atoms with Gasteiger partial charge in [-0.1, -0.05) is 18.2 Å².